The zero-order chi connectivity index (χ0) is 13.2. The minimum absolute atomic E-state index is 0.110. The smallest absolute Gasteiger partial charge is 0.232 e. The van der Waals surface area contributed by atoms with Crippen LogP contribution in [0.1, 0.15) is 39.0 Å². The first-order valence-electron chi connectivity index (χ1n) is 6.19. The van der Waals surface area contributed by atoms with Crippen molar-refractivity contribution in [3.05, 3.63) is 10.7 Å². The van der Waals surface area contributed by atoms with Crippen molar-refractivity contribution in [2.75, 3.05) is 6.54 Å². The predicted octanol–water partition coefficient (Wildman–Crippen LogP) is 3.14. The van der Waals surface area contributed by atoms with Crippen LogP contribution < -0.4 is 0 Å². The van der Waals surface area contributed by atoms with Gasteiger partial charge in [0.15, 0.2) is 8.68 Å². The third-order valence-corrected chi connectivity index (χ3v) is 6.82. The van der Waals surface area contributed by atoms with Crippen LogP contribution in [0.2, 0.25) is 4.47 Å². The summed E-state index contributed by atoms with van der Waals surface area (Å²) in [6.07, 6.45) is 6.30. The zero-order valence-corrected chi connectivity index (χ0v) is 12.7. The first-order valence-corrected chi connectivity index (χ1v) is 8.82. The highest BCUT2D eigenvalue weighted by Crippen LogP contribution is 2.30. The van der Waals surface area contributed by atoms with Crippen molar-refractivity contribution < 1.29 is 8.42 Å². The normalized spacial score (nSPS) is 22.9. The largest absolute Gasteiger partial charge is 0.254 e. The predicted molar refractivity (Wildman–Crippen MR) is 73.6 cm³/mol. The van der Waals surface area contributed by atoms with E-state index in [2.05, 4.69) is 4.98 Å². The number of aromatic nitrogens is 1. The van der Waals surface area contributed by atoms with Gasteiger partial charge in [0.25, 0.3) is 10.0 Å². The summed E-state index contributed by atoms with van der Waals surface area (Å²) >= 11 is 6.76. The molecule has 4 nitrogen and oxygen atoms in total. The van der Waals surface area contributed by atoms with Crippen molar-refractivity contribution in [2.45, 2.75) is 49.3 Å². The van der Waals surface area contributed by atoms with Gasteiger partial charge in [0.05, 0.1) is 6.20 Å². The van der Waals surface area contributed by atoms with Crippen LogP contribution in [0.5, 0.6) is 0 Å². The standard InChI is InChI=1S/C11H17ClN2O2S2/c1-2-9-6-4-3-5-7-14(9)18(15,16)10-8-13-11(12)17-10/h8-9H,2-7H2,1H3. The molecule has 0 aliphatic carbocycles. The lowest BCUT2D eigenvalue weighted by atomic mass is 10.1. The van der Waals surface area contributed by atoms with Gasteiger partial charge in [-0.3, -0.25) is 0 Å². The fraction of sp³-hybridized carbons (Fsp3) is 0.727. The summed E-state index contributed by atoms with van der Waals surface area (Å²) in [5.41, 5.74) is 0. The Morgan fingerprint density at radius 1 is 1.50 bits per heavy atom. The minimum atomic E-state index is -3.42. The summed E-state index contributed by atoms with van der Waals surface area (Å²) in [6, 6.07) is 0.110. The van der Waals surface area contributed by atoms with E-state index in [-0.39, 0.29) is 14.7 Å². The molecular weight excluding hydrogens is 292 g/mol. The van der Waals surface area contributed by atoms with E-state index in [0.29, 0.717) is 6.54 Å². The van der Waals surface area contributed by atoms with Gasteiger partial charge in [-0.25, -0.2) is 13.4 Å². The third-order valence-electron chi connectivity index (χ3n) is 3.31. The molecule has 0 bridgehead atoms. The molecule has 0 aromatic carbocycles. The van der Waals surface area contributed by atoms with Crippen LogP contribution in [0.25, 0.3) is 0 Å². The molecular formula is C11H17ClN2O2S2. The van der Waals surface area contributed by atoms with Crippen LogP contribution in [0.15, 0.2) is 10.4 Å². The van der Waals surface area contributed by atoms with Gasteiger partial charge in [0, 0.05) is 12.6 Å². The van der Waals surface area contributed by atoms with E-state index < -0.39 is 10.0 Å². The highest BCUT2D eigenvalue weighted by atomic mass is 35.5. The molecule has 2 heterocycles. The van der Waals surface area contributed by atoms with Gasteiger partial charge >= 0.3 is 0 Å². The van der Waals surface area contributed by atoms with E-state index in [1.807, 2.05) is 6.92 Å². The Hall–Kier alpha value is -0.170. The number of halogens is 1. The van der Waals surface area contributed by atoms with Crippen molar-refractivity contribution in [1.29, 1.82) is 0 Å². The molecule has 0 radical (unpaired) electrons. The SMILES string of the molecule is CCC1CCCCCN1S(=O)(=O)c1cnc(Cl)s1. The van der Waals surface area contributed by atoms with E-state index in [0.717, 1.165) is 43.4 Å². The van der Waals surface area contributed by atoms with Gasteiger partial charge in [-0.05, 0) is 19.3 Å². The highest BCUT2D eigenvalue weighted by Gasteiger charge is 2.32. The molecule has 0 N–H and O–H groups in total. The molecule has 1 aliphatic rings. The highest BCUT2D eigenvalue weighted by molar-refractivity contribution is 7.91. The molecule has 2 rings (SSSR count). The number of hydrogen-bond acceptors (Lipinski definition) is 4. The molecule has 1 aliphatic heterocycles. The molecule has 1 aromatic rings. The van der Waals surface area contributed by atoms with Crippen LogP contribution in [0, 0.1) is 0 Å². The number of rotatable bonds is 3. The Morgan fingerprint density at radius 2 is 2.28 bits per heavy atom. The Bertz CT molecular complexity index is 501. The third kappa shape index (κ3) is 2.87. The van der Waals surface area contributed by atoms with Crippen molar-refractivity contribution >= 4 is 33.0 Å². The van der Waals surface area contributed by atoms with E-state index in [1.54, 1.807) is 4.31 Å². The Kier molecular flexibility index (Phi) is 4.64. The van der Waals surface area contributed by atoms with Crippen LogP contribution in [0.4, 0.5) is 0 Å². The first-order chi connectivity index (χ1) is 8.55. The molecule has 1 atom stereocenters. The number of nitrogens with zero attached hydrogens (tertiary/aromatic N) is 2. The lowest BCUT2D eigenvalue weighted by Gasteiger charge is -2.27. The topological polar surface area (TPSA) is 50.3 Å². The molecule has 1 unspecified atom stereocenters. The maximum Gasteiger partial charge on any atom is 0.254 e. The quantitative estimate of drug-likeness (QED) is 0.862. The Morgan fingerprint density at radius 3 is 2.89 bits per heavy atom. The van der Waals surface area contributed by atoms with Gasteiger partial charge < -0.3 is 0 Å². The second-order valence-electron chi connectivity index (χ2n) is 4.46. The molecule has 0 amide bonds. The van der Waals surface area contributed by atoms with E-state index >= 15 is 0 Å². The molecule has 1 fully saturated rings. The lowest BCUT2D eigenvalue weighted by Crippen LogP contribution is -2.39. The monoisotopic (exact) mass is 308 g/mol. The second kappa shape index (κ2) is 5.86. The summed E-state index contributed by atoms with van der Waals surface area (Å²) < 4.78 is 27.3. The summed E-state index contributed by atoms with van der Waals surface area (Å²) in [5.74, 6) is 0. The van der Waals surface area contributed by atoms with Crippen LogP contribution in [0.3, 0.4) is 0 Å². The van der Waals surface area contributed by atoms with Gasteiger partial charge in [-0.1, -0.05) is 42.7 Å². The molecule has 0 spiro atoms. The molecule has 18 heavy (non-hydrogen) atoms. The maximum atomic E-state index is 12.6. The summed E-state index contributed by atoms with van der Waals surface area (Å²) in [5, 5.41) is 0. The Balaban J connectivity index is 2.32. The minimum Gasteiger partial charge on any atom is -0.232 e. The van der Waals surface area contributed by atoms with Gasteiger partial charge in [-0.2, -0.15) is 4.31 Å². The summed E-state index contributed by atoms with van der Waals surface area (Å²) in [7, 11) is -3.42. The molecule has 1 saturated heterocycles. The van der Waals surface area contributed by atoms with Crippen LogP contribution in [-0.4, -0.2) is 30.3 Å². The summed E-state index contributed by atoms with van der Waals surface area (Å²) in [4.78, 5) is 3.83. The Labute approximate surface area is 117 Å². The van der Waals surface area contributed by atoms with Crippen molar-refractivity contribution in [3.8, 4) is 0 Å². The van der Waals surface area contributed by atoms with Crippen molar-refractivity contribution in [2.24, 2.45) is 0 Å². The molecule has 1 aromatic heterocycles. The average Bonchev–Trinajstić information content (AvgIpc) is 2.65. The first kappa shape index (κ1) is 14.2. The van der Waals surface area contributed by atoms with Crippen LogP contribution >= 0.6 is 22.9 Å². The summed E-state index contributed by atoms with van der Waals surface area (Å²) in [6.45, 7) is 2.65. The fourth-order valence-corrected chi connectivity index (χ4v) is 5.54. The van der Waals surface area contributed by atoms with Gasteiger partial charge in [0.2, 0.25) is 0 Å². The lowest BCUT2D eigenvalue weighted by molar-refractivity contribution is 0.315. The van der Waals surface area contributed by atoms with Gasteiger partial charge in [-0.15, -0.1) is 0 Å². The average molecular weight is 309 g/mol. The van der Waals surface area contributed by atoms with E-state index in [4.69, 9.17) is 11.6 Å². The maximum absolute atomic E-state index is 12.6. The number of sulfonamides is 1. The molecule has 7 heteroatoms. The molecule has 102 valence electrons. The molecule has 0 saturated carbocycles. The fourth-order valence-electron chi connectivity index (χ4n) is 2.35. The van der Waals surface area contributed by atoms with E-state index in [1.165, 1.54) is 6.20 Å². The number of thiazole rings is 1. The second-order valence-corrected chi connectivity index (χ2v) is 8.19. The number of hydrogen-bond donors (Lipinski definition) is 0. The van der Waals surface area contributed by atoms with Gasteiger partial charge in [0.1, 0.15) is 0 Å². The zero-order valence-electron chi connectivity index (χ0n) is 10.3. The van der Waals surface area contributed by atoms with E-state index in [9.17, 15) is 8.42 Å². The van der Waals surface area contributed by atoms with Crippen molar-refractivity contribution in [3.63, 3.8) is 0 Å². The van der Waals surface area contributed by atoms with Crippen LogP contribution in [-0.2, 0) is 10.0 Å². The van der Waals surface area contributed by atoms with Crippen molar-refractivity contribution in [1.82, 2.24) is 9.29 Å².